The first-order valence-corrected chi connectivity index (χ1v) is 7.22. The fourth-order valence-corrected chi connectivity index (χ4v) is 3.54. The van der Waals surface area contributed by atoms with E-state index >= 15 is 0 Å². The van der Waals surface area contributed by atoms with E-state index in [4.69, 9.17) is 10.5 Å². The lowest BCUT2D eigenvalue weighted by Crippen LogP contribution is -2.07. The average Bonchev–Trinajstić information content (AvgIpc) is 2.82. The van der Waals surface area contributed by atoms with Crippen molar-refractivity contribution in [1.82, 2.24) is 4.98 Å². The van der Waals surface area contributed by atoms with E-state index in [9.17, 15) is 4.79 Å². The molecule has 6 heteroatoms. The van der Waals surface area contributed by atoms with Gasteiger partial charge in [-0.15, -0.1) is 22.7 Å². The van der Waals surface area contributed by atoms with E-state index in [0.717, 1.165) is 21.1 Å². The highest BCUT2D eigenvalue weighted by atomic mass is 32.1. The first kappa shape index (κ1) is 13.0. The molecule has 0 aliphatic rings. The van der Waals surface area contributed by atoms with Gasteiger partial charge in [0.1, 0.15) is 10.6 Å². The summed E-state index contributed by atoms with van der Waals surface area (Å²) in [6.45, 7) is 6.00. The molecule has 2 aromatic heterocycles. The summed E-state index contributed by atoms with van der Waals surface area (Å²) >= 11 is 2.92. The van der Waals surface area contributed by atoms with Gasteiger partial charge >= 0.3 is 5.97 Å². The summed E-state index contributed by atoms with van der Waals surface area (Å²) < 4.78 is 5.05. The normalized spacial score (nSPS) is 10.6. The van der Waals surface area contributed by atoms with Gasteiger partial charge in [-0.3, -0.25) is 0 Å². The largest absolute Gasteiger partial charge is 0.462 e. The van der Waals surface area contributed by atoms with Gasteiger partial charge in [-0.1, -0.05) is 0 Å². The average molecular weight is 282 g/mol. The number of hydrogen-bond donors (Lipinski definition) is 1. The van der Waals surface area contributed by atoms with Gasteiger partial charge < -0.3 is 10.5 Å². The molecule has 2 heterocycles. The number of esters is 1. The summed E-state index contributed by atoms with van der Waals surface area (Å²) in [5.41, 5.74) is 8.08. The zero-order valence-electron chi connectivity index (χ0n) is 10.4. The molecule has 0 radical (unpaired) electrons. The molecule has 0 fully saturated rings. The third kappa shape index (κ3) is 2.26. The van der Waals surface area contributed by atoms with Crippen molar-refractivity contribution in [3.8, 4) is 10.4 Å². The molecule has 0 spiro atoms. The van der Waals surface area contributed by atoms with Crippen LogP contribution in [0.1, 0.15) is 28.0 Å². The number of anilines is 1. The van der Waals surface area contributed by atoms with Gasteiger partial charge in [-0.2, -0.15) is 0 Å². The van der Waals surface area contributed by atoms with Gasteiger partial charge in [0.05, 0.1) is 22.2 Å². The Morgan fingerprint density at radius 3 is 2.78 bits per heavy atom. The van der Waals surface area contributed by atoms with Crippen molar-refractivity contribution in [2.45, 2.75) is 20.8 Å². The minimum atomic E-state index is -0.364. The Morgan fingerprint density at radius 2 is 2.22 bits per heavy atom. The fourth-order valence-electron chi connectivity index (χ4n) is 1.74. The first-order chi connectivity index (χ1) is 8.54. The predicted molar refractivity (Wildman–Crippen MR) is 75.3 cm³/mol. The Balaban J connectivity index is 2.52. The van der Waals surface area contributed by atoms with Crippen LogP contribution in [0.3, 0.4) is 0 Å². The number of carbonyl (C=O) groups excluding carboxylic acids is 1. The number of thiophene rings is 1. The molecule has 0 amide bonds. The van der Waals surface area contributed by atoms with Crippen molar-refractivity contribution in [2.75, 3.05) is 12.3 Å². The summed E-state index contributed by atoms with van der Waals surface area (Å²) in [7, 11) is 0. The van der Waals surface area contributed by atoms with Gasteiger partial charge in [0.15, 0.2) is 0 Å². The topological polar surface area (TPSA) is 65.2 Å². The predicted octanol–water partition coefficient (Wildman–Crippen LogP) is 3.25. The molecule has 0 aromatic carbocycles. The second-order valence-corrected chi connectivity index (χ2v) is 5.87. The van der Waals surface area contributed by atoms with Crippen molar-refractivity contribution in [2.24, 2.45) is 0 Å². The number of nitrogens with zero attached hydrogens (tertiary/aromatic N) is 1. The Kier molecular flexibility index (Phi) is 3.68. The van der Waals surface area contributed by atoms with Crippen LogP contribution in [0.5, 0.6) is 0 Å². The molecule has 0 aliphatic carbocycles. The lowest BCUT2D eigenvalue weighted by Gasteiger charge is -2.04. The quantitative estimate of drug-likeness (QED) is 0.878. The molecule has 0 unspecified atom stereocenters. The molecule has 0 atom stereocenters. The second kappa shape index (κ2) is 5.07. The SMILES string of the molecule is CCOC(=O)c1c(-c2sc(C)nc2C)csc1N. The van der Waals surface area contributed by atoms with E-state index in [2.05, 4.69) is 4.98 Å². The van der Waals surface area contributed by atoms with Crippen LogP contribution in [0, 0.1) is 13.8 Å². The Hall–Kier alpha value is -1.40. The molecule has 96 valence electrons. The number of ether oxygens (including phenoxy) is 1. The molecule has 0 bridgehead atoms. The number of aryl methyl sites for hydroxylation is 2. The van der Waals surface area contributed by atoms with E-state index in [1.807, 2.05) is 19.2 Å². The third-order valence-electron chi connectivity index (χ3n) is 2.45. The summed E-state index contributed by atoms with van der Waals surface area (Å²) in [6, 6.07) is 0. The van der Waals surface area contributed by atoms with E-state index in [1.54, 1.807) is 18.3 Å². The van der Waals surface area contributed by atoms with Gasteiger partial charge in [0, 0.05) is 10.9 Å². The van der Waals surface area contributed by atoms with Crippen molar-refractivity contribution in [1.29, 1.82) is 0 Å². The van der Waals surface area contributed by atoms with Gasteiger partial charge in [0.25, 0.3) is 0 Å². The van der Waals surface area contributed by atoms with Crippen molar-refractivity contribution < 1.29 is 9.53 Å². The molecule has 2 rings (SSSR count). The minimum absolute atomic E-state index is 0.342. The number of nitrogens with two attached hydrogens (primary N) is 1. The smallest absolute Gasteiger partial charge is 0.341 e. The molecular weight excluding hydrogens is 268 g/mol. The summed E-state index contributed by atoms with van der Waals surface area (Å²) in [6.07, 6.45) is 0. The van der Waals surface area contributed by atoms with Crippen LogP contribution in [-0.2, 0) is 4.74 Å². The number of rotatable bonds is 3. The Bertz CT molecular complexity index is 587. The van der Waals surface area contributed by atoms with Crippen molar-refractivity contribution >= 4 is 33.6 Å². The second-order valence-electron chi connectivity index (χ2n) is 3.76. The molecule has 4 nitrogen and oxygen atoms in total. The molecule has 0 aliphatic heterocycles. The molecule has 0 saturated carbocycles. The highest BCUT2D eigenvalue weighted by Gasteiger charge is 2.22. The number of hydrogen-bond acceptors (Lipinski definition) is 6. The number of carbonyl (C=O) groups is 1. The fraction of sp³-hybridized carbons (Fsp3) is 0.333. The molecule has 2 aromatic rings. The monoisotopic (exact) mass is 282 g/mol. The van der Waals surface area contributed by atoms with Crippen LogP contribution in [0.4, 0.5) is 5.00 Å². The highest BCUT2D eigenvalue weighted by molar-refractivity contribution is 7.17. The Labute approximate surface area is 113 Å². The third-order valence-corrected chi connectivity index (χ3v) is 4.36. The van der Waals surface area contributed by atoms with Crippen molar-refractivity contribution in [3.05, 3.63) is 21.6 Å². The maximum Gasteiger partial charge on any atom is 0.341 e. The van der Waals surface area contributed by atoms with Crippen LogP contribution in [0.25, 0.3) is 10.4 Å². The standard InChI is InChI=1S/C12H14N2O2S2/c1-4-16-12(15)9-8(5-17-11(9)13)10-6(2)14-7(3)18-10/h5H,4,13H2,1-3H3. The van der Waals surface area contributed by atoms with Crippen molar-refractivity contribution in [3.63, 3.8) is 0 Å². The van der Waals surface area contributed by atoms with Crippen LogP contribution in [0.15, 0.2) is 5.38 Å². The van der Waals surface area contributed by atoms with Crippen LogP contribution in [-0.4, -0.2) is 17.6 Å². The van der Waals surface area contributed by atoms with E-state index < -0.39 is 0 Å². The number of aromatic nitrogens is 1. The van der Waals surface area contributed by atoms with Gasteiger partial charge in [0.2, 0.25) is 0 Å². The van der Waals surface area contributed by atoms with E-state index in [1.165, 1.54) is 11.3 Å². The number of nitrogen functional groups attached to an aromatic ring is 1. The summed E-state index contributed by atoms with van der Waals surface area (Å²) in [5, 5.41) is 3.36. The summed E-state index contributed by atoms with van der Waals surface area (Å²) in [5.74, 6) is -0.364. The Morgan fingerprint density at radius 1 is 1.50 bits per heavy atom. The lowest BCUT2D eigenvalue weighted by atomic mass is 10.1. The molecule has 18 heavy (non-hydrogen) atoms. The molecule has 0 saturated heterocycles. The molecule has 2 N–H and O–H groups in total. The minimum Gasteiger partial charge on any atom is -0.462 e. The zero-order chi connectivity index (χ0) is 13.3. The van der Waals surface area contributed by atoms with E-state index in [0.29, 0.717) is 17.2 Å². The molecular formula is C12H14N2O2S2. The maximum absolute atomic E-state index is 11.9. The van der Waals surface area contributed by atoms with E-state index in [-0.39, 0.29) is 5.97 Å². The highest BCUT2D eigenvalue weighted by Crippen LogP contribution is 2.38. The van der Waals surface area contributed by atoms with Crippen LogP contribution >= 0.6 is 22.7 Å². The lowest BCUT2D eigenvalue weighted by molar-refractivity contribution is 0.0529. The zero-order valence-corrected chi connectivity index (χ0v) is 12.1. The number of thiazole rings is 1. The van der Waals surface area contributed by atoms with Crippen LogP contribution < -0.4 is 5.73 Å². The summed E-state index contributed by atoms with van der Waals surface area (Å²) in [4.78, 5) is 17.3. The maximum atomic E-state index is 11.9. The van der Waals surface area contributed by atoms with Gasteiger partial charge in [-0.25, -0.2) is 9.78 Å². The van der Waals surface area contributed by atoms with Crippen LogP contribution in [0.2, 0.25) is 0 Å². The van der Waals surface area contributed by atoms with Gasteiger partial charge in [-0.05, 0) is 20.8 Å². The first-order valence-electron chi connectivity index (χ1n) is 5.53.